The van der Waals surface area contributed by atoms with E-state index in [4.69, 9.17) is 29.9 Å². The van der Waals surface area contributed by atoms with Gasteiger partial charge in [0.15, 0.2) is 29.1 Å². The number of hydrogen-bond donors (Lipinski definition) is 0. The van der Waals surface area contributed by atoms with Gasteiger partial charge in [-0.15, -0.1) is 11.3 Å². The van der Waals surface area contributed by atoms with Crippen molar-refractivity contribution >= 4 is 64.1 Å². The van der Waals surface area contributed by atoms with Gasteiger partial charge in [0.25, 0.3) is 0 Å². The molecule has 280 valence electrons. The quantitative estimate of drug-likeness (QED) is 0.167. The Hall–Kier alpha value is -7.94. The molecular formula is C52H31N7S. The minimum absolute atomic E-state index is 0.539. The van der Waals surface area contributed by atoms with Crippen molar-refractivity contribution < 1.29 is 0 Å². The summed E-state index contributed by atoms with van der Waals surface area (Å²) in [5.41, 5.74) is 6.54. The Kier molecular flexibility index (Phi) is 7.89. The Bertz CT molecular complexity index is 3470. The van der Waals surface area contributed by atoms with E-state index < -0.39 is 0 Å². The molecule has 7 nitrogen and oxygen atoms in total. The highest BCUT2D eigenvalue weighted by molar-refractivity contribution is 7.26. The molecule has 0 aliphatic heterocycles. The molecule has 0 spiro atoms. The molecule has 0 aliphatic rings. The zero-order valence-electron chi connectivity index (χ0n) is 31.9. The van der Waals surface area contributed by atoms with Crippen molar-refractivity contribution in [2.24, 2.45) is 0 Å². The third kappa shape index (κ3) is 5.65. The summed E-state index contributed by atoms with van der Waals surface area (Å²) in [7, 11) is 0. The van der Waals surface area contributed by atoms with Crippen LogP contribution in [0.1, 0.15) is 0 Å². The van der Waals surface area contributed by atoms with E-state index in [0.29, 0.717) is 35.1 Å². The van der Waals surface area contributed by atoms with Crippen molar-refractivity contribution in [1.29, 1.82) is 0 Å². The van der Waals surface area contributed by atoms with Crippen molar-refractivity contribution in [2.75, 3.05) is 0 Å². The second-order valence-corrected chi connectivity index (χ2v) is 15.8. The molecule has 0 N–H and O–H groups in total. The number of aromatic nitrogens is 7. The van der Waals surface area contributed by atoms with Gasteiger partial charge in [0, 0.05) is 69.5 Å². The molecule has 12 aromatic rings. The normalized spacial score (nSPS) is 11.7. The van der Waals surface area contributed by atoms with Gasteiger partial charge in [0.2, 0.25) is 5.95 Å². The maximum Gasteiger partial charge on any atom is 0.238 e. The van der Waals surface area contributed by atoms with Gasteiger partial charge in [-0.2, -0.15) is 9.97 Å². The molecular weight excluding hydrogens is 755 g/mol. The Morgan fingerprint density at radius 1 is 0.317 bits per heavy atom. The van der Waals surface area contributed by atoms with Crippen molar-refractivity contribution in [3.8, 4) is 62.9 Å². The van der Waals surface area contributed by atoms with Crippen molar-refractivity contribution in [2.45, 2.75) is 0 Å². The Morgan fingerprint density at radius 3 is 1.27 bits per heavy atom. The third-order valence-electron chi connectivity index (χ3n) is 11.1. The fourth-order valence-electron chi connectivity index (χ4n) is 8.28. The first-order valence-electron chi connectivity index (χ1n) is 19.8. The third-order valence-corrected chi connectivity index (χ3v) is 12.3. The number of benzene rings is 8. The zero-order chi connectivity index (χ0) is 39.6. The molecule has 0 radical (unpaired) electrons. The first kappa shape index (κ1) is 34.1. The van der Waals surface area contributed by atoms with Gasteiger partial charge in [0.1, 0.15) is 0 Å². The Labute approximate surface area is 348 Å². The van der Waals surface area contributed by atoms with Crippen LogP contribution in [-0.4, -0.2) is 34.5 Å². The van der Waals surface area contributed by atoms with Gasteiger partial charge < -0.3 is 0 Å². The van der Waals surface area contributed by atoms with Crippen LogP contribution in [-0.2, 0) is 0 Å². The van der Waals surface area contributed by atoms with E-state index >= 15 is 0 Å². The molecule has 0 bridgehead atoms. The summed E-state index contributed by atoms with van der Waals surface area (Å²) in [4.78, 5) is 30.7. The second kappa shape index (κ2) is 13.9. The summed E-state index contributed by atoms with van der Waals surface area (Å²) in [6, 6.07) is 64.6. The lowest BCUT2D eigenvalue weighted by atomic mass is 10.0. The number of hydrogen-bond acceptors (Lipinski definition) is 7. The average molecular weight is 786 g/mol. The van der Waals surface area contributed by atoms with Crippen LogP contribution in [0.4, 0.5) is 0 Å². The SMILES string of the molecule is c1ccc(-c2nc(-c3ccccc3)nc(-c3ccc4c(c3)c3ccc5c(ccc6c7ccccc7sc65)c3n4-c3nc(-c4ccccc4)nc(-c4ccccc4)n3)n2)cc1. The highest BCUT2D eigenvalue weighted by atomic mass is 32.1. The van der Waals surface area contributed by atoms with Gasteiger partial charge in [-0.05, 0) is 24.3 Å². The molecule has 0 amide bonds. The molecule has 0 saturated carbocycles. The van der Waals surface area contributed by atoms with E-state index in [9.17, 15) is 0 Å². The lowest BCUT2D eigenvalue weighted by Gasteiger charge is -2.12. The molecule has 12 rings (SSSR count). The summed E-state index contributed by atoms with van der Waals surface area (Å²) in [5.74, 6) is 3.57. The largest absolute Gasteiger partial charge is 0.277 e. The van der Waals surface area contributed by atoms with Crippen LogP contribution >= 0.6 is 11.3 Å². The van der Waals surface area contributed by atoms with Gasteiger partial charge in [0.05, 0.1) is 11.0 Å². The molecule has 8 heteroatoms. The summed E-state index contributed by atoms with van der Waals surface area (Å²) >= 11 is 1.83. The molecule has 60 heavy (non-hydrogen) atoms. The predicted molar refractivity (Wildman–Crippen MR) is 245 cm³/mol. The Morgan fingerprint density at radius 2 is 0.733 bits per heavy atom. The molecule has 4 heterocycles. The van der Waals surface area contributed by atoms with Gasteiger partial charge >= 0.3 is 0 Å². The maximum absolute atomic E-state index is 5.26. The summed E-state index contributed by atoms with van der Waals surface area (Å²) in [6.45, 7) is 0. The van der Waals surface area contributed by atoms with Gasteiger partial charge in [-0.25, -0.2) is 19.9 Å². The standard InChI is InChI=1S/C52H31N7S/c1-5-15-32(16-6-1)47-53-48(33-17-7-2-8-18-33)55-51(54-47)36-25-30-43-42(31-36)39-27-29-41-38(26-28-40-37-23-13-14-24-44(37)60-46(40)41)45(39)59(43)52-57-49(34-19-9-3-10-20-34)56-50(58-52)35-21-11-4-12-22-35/h1-31H. The van der Waals surface area contributed by atoms with Gasteiger partial charge in [-0.3, -0.25) is 4.57 Å². The van der Waals surface area contributed by atoms with E-state index in [-0.39, 0.29) is 0 Å². The lowest BCUT2D eigenvalue weighted by molar-refractivity contribution is 0.955. The molecule has 0 saturated heterocycles. The molecule has 0 fully saturated rings. The minimum Gasteiger partial charge on any atom is -0.277 e. The highest BCUT2D eigenvalue weighted by Gasteiger charge is 2.22. The number of thiophene rings is 1. The number of nitrogens with zero attached hydrogens (tertiary/aromatic N) is 7. The first-order valence-corrected chi connectivity index (χ1v) is 20.6. The number of fused-ring (bicyclic) bond motifs is 9. The van der Waals surface area contributed by atoms with Crippen LogP contribution < -0.4 is 0 Å². The highest BCUT2D eigenvalue weighted by Crippen LogP contribution is 2.43. The van der Waals surface area contributed by atoms with Crippen molar-refractivity contribution in [3.63, 3.8) is 0 Å². The number of rotatable bonds is 6. The zero-order valence-corrected chi connectivity index (χ0v) is 32.8. The summed E-state index contributed by atoms with van der Waals surface area (Å²) < 4.78 is 4.74. The van der Waals surface area contributed by atoms with Crippen molar-refractivity contribution in [3.05, 3.63) is 188 Å². The molecule has 0 atom stereocenters. The van der Waals surface area contributed by atoms with Gasteiger partial charge in [-0.1, -0.05) is 164 Å². The van der Waals surface area contributed by atoms with E-state index in [1.165, 1.54) is 25.6 Å². The molecule has 0 unspecified atom stereocenters. The fourth-order valence-corrected chi connectivity index (χ4v) is 9.51. The van der Waals surface area contributed by atoms with E-state index in [0.717, 1.165) is 55.0 Å². The van der Waals surface area contributed by atoms with Crippen LogP contribution in [0.5, 0.6) is 0 Å². The van der Waals surface area contributed by atoms with Crippen LogP contribution in [0.25, 0.3) is 116 Å². The maximum atomic E-state index is 5.26. The molecule has 8 aromatic carbocycles. The predicted octanol–water partition coefficient (Wildman–Crippen LogP) is 13.0. The lowest BCUT2D eigenvalue weighted by Crippen LogP contribution is -2.06. The molecule has 0 aliphatic carbocycles. The van der Waals surface area contributed by atoms with Crippen molar-refractivity contribution in [1.82, 2.24) is 34.5 Å². The van der Waals surface area contributed by atoms with E-state index in [1.54, 1.807) is 0 Å². The average Bonchev–Trinajstić information content (AvgIpc) is 3.88. The van der Waals surface area contributed by atoms with E-state index in [2.05, 4.69) is 71.3 Å². The summed E-state index contributed by atoms with van der Waals surface area (Å²) in [6.07, 6.45) is 0. The molecule has 4 aromatic heterocycles. The van der Waals surface area contributed by atoms with Crippen LogP contribution in [0.3, 0.4) is 0 Å². The second-order valence-electron chi connectivity index (χ2n) is 14.7. The smallest absolute Gasteiger partial charge is 0.238 e. The van der Waals surface area contributed by atoms with Crippen LogP contribution in [0.15, 0.2) is 188 Å². The topological polar surface area (TPSA) is 82.3 Å². The van der Waals surface area contributed by atoms with Crippen LogP contribution in [0, 0.1) is 0 Å². The Balaban J connectivity index is 1.16. The minimum atomic E-state index is 0.539. The monoisotopic (exact) mass is 785 g/mol. The van der Waals surface area contributed by atoms with Crippen LogP contribution in [0.2, 0.25) is 0 Å². The summed E-state index contributed by atoms with van der Waals surface area (Å²) in [5, 5.41) is 6.93. The fraction of sp³-hybridized carbons (Fsp3) is 0. The van der Waals surface area contributed by atoms with E-state index in [1.807, 2.05) is 133 Å². The first-order chi connectivity index (χ1) is 29.7.